The van der Waals surface area contributed by atoms with Crippen LogP contribution in [0.15, 0.2) is 35.6 Å². The van der Waals surface area contributed by atoms with Crippen molar-refractivity contribution >= 4 is 52.2 Å². The van der Waals surface area contributed by atoms with Crippen LogP contribution in [-0.2, 0) is 9.47 Å². The number of aliphatic imine (C=N–C) groups is 1. The van der Waals surface area contributed by atoms with Crippen molar-refractivity contribution in [2.75, 3.05) is 33.1 Å². The summed E-state index contributed by atoms with van der Waals surface area (Å²) in [6.07, 6.45) is 3.78. The van der Waals surface area contributed by atoms with E-state index in [9.17, 15) is 9.59 Å². The summed E-state index contributed by atoms with van der Waals surface area (Å²) < 4.78 is 13.9. The Morgan fingerprint density at radius 1 is 0.950 bits per heavy atom. The molecule has 3 aromatic heterocycles. The fourth-order valence-corrected chi connectivity index (χ4v) is 3.95. The van der Waals surface area contributed by atoms with Gasteiger partial charge in [-0.05, 0) is 59.2 Å². The smallest absolute Gasteiger partial charge is 0.435 e. The standard InChI is InChI=1S/C28H36N8O4/c1-27(2,3)39-25(37)35-15-19(21-22(35)23(34(9)10)32-24(31-21)29-16-33(7)8)17-11-12-20-18(13-17)14-30-36(20)26(38)40-28(4,5)6/h11-16H,1-10H3/b29-16+. The first-order valence-electron chi connectivity index (χ1n) is 12.8. The van der Waals surface area contributed by atoms with Crippen LogP contribution in [0.1, 0.15) is 41.5 Å². The molecule has 3 heterocycles. The summed E-state index contributed by atoms with van der Waals surface area (Å²) >= 11 is 0. The number of rotatable bonds is 4. The third-order valence-corrected chi connectivity index (χ3v) is 5.47. The van der Waals surface area contributed by atoms with E-state index >= 15 is 0 Å². The van der Waals surface area contributed by atoms with Crippen LogP contribution in [0.3, 0.4) is 0 Å². The normalized spacial score (nSPS) is 12.3. The summed E-state index contributed by atoms with van der Waals surface area (Å²) in [6, 6.07) is 5.52. The van der Waals surface area contributed by atoms with Crippen molar-refractivity contribution in [1.29, 1.82) is 0 Å². The Bertz CT molecular complexity index is 1620. The predicted octanol–water partition coefficient (Wildman–Crippen LogP) is 5.30. The van der Waals surface area contributed by atoms with Crippen LogP contribution in [-0.4, -0.2) is 87.1 Å². The minimum atomic E-state index is -0.710. The van der Waals surface area contributed by atoms with E-state index in [1.54, 1.807) is 55.4 Å². The maximum absolute atomic E-state index is 13.4. The third-order valence-electron chi connectivity index (χ3n) is 5.47. The van der Waals surface area contributed by atoms with E-state index in [1.165, 1.54) is 9.25 Å². The number of ether oxygens (including phenoxy) is 2. The average Bonchev–Trinajstić information content (AvgIpc) is 3.41. The van der Waals surface area contributed by atoms with Gasteiger partial charge in [0.15, 0.2) is 5.82 Å². The number of carbonyl (C=O) groups is 2. The Kier molecular flexibility index (Phi) is 7.31. The molecule has 4 aromatic rings. The molecule has 0 spiro atoms. The van der Waals surface area contributed by atoms with Gasteiger partial charge in [-0.1, -0.05) is 6.07 Å². The molecular weight excluding hydrogens is 512 g/mol. The minimum Gasteiger partial charge on any atom is -0.443 e. The average molecular weight is 549 g/mol. The fourth-order valence-electron chi connectivity index (χ4n) is 3.95. The largest absolute Gasteiger partial charge is 0.443 e. The number of aromatic nitrogens is 5. The number of nitrogens with zero attached hydrogens (tertiary/aromatic N) is 8. The highest BCUT2D eigenvalue weighted by molar-refractivity contribution is 6.04. The van der Waals surface area contributed by atoms with Crippen molar-refractivity contribution in [3.63, 3.8) is 0 Å². The van der Waals surface area contributed by atoms with E-state index in [0.717, 1.165) is 5.56 Å². The molecule has 0 amide bonds. The SMILES string of the molecule is CN(C)/C=N/c1nc(N(C)C)c2c(n1)c(-c1ccc3c(cnn3C(=O)OC(C)(C)C)c1)cn2C(=O)OC(C)(C)C. The van der Waals surface area contributed by atoms with Crippen molar-refractivity contribution in [1.82, 2.24) is 29.2 Å². The first-order valence-corrected chi connectivity index (χ1v) is 12.8. The van der Waals surface area contributed by atoms with E-state index in [4.69, 9.17) is 14.5 Å². The van der Waals surface area contributed by atoms with E-state index < -0.39 is 23.4 Å². The molecule has 0 aliphatic carbocycles. The number of fused-ring (bicyclic) bond motifs is 2. The van der Waals surface area contributed by atoms with Gasteiger partial charge in [0.2, 0.25) is 0 Å². The van der Waals surface area contributed by atoms with Gasteiger partial charge in [0.25, 0.3) is 5.95 Å². The summed E-state index contributed by atoms with van der Waals surface area (Å²) in [5.41, 5.74) is 1.66. The molecule has 0 N–H and O–H groups in total. The topological polar surface area (TPSA) is 120 Å². The summed E-state index contributed by atoms with van der Waals surface area (Å²) in [5.74, 6) is 0.749. The number of hydrogen-bond acceptors (Lipinski definition) is 9. The van der Waals surface area contributed by atoms with Crippen LogP contribution in [0.25, 0.3) is 33.1 Å². The lowest BCUT2D eigenvalue weighted by Gasteiger charge is -2.20. The number of anilines is 1. The van der Waals surface area contributed by atoms with Gasteiger partial charge in [0.1, 0.15) is 22.2 Å². The lowest BCUT2D eigenvalue weighted by atomic mass is 10.1. The fraction of sp³-hybridized carbons (Fsp3) is 0.429. The second-order valence-electron chi connectivity index (χ2n) is 11.9. The highest BCUT2D eigenvalue weighted by Gasteiger charge is 2.26. The number of carbonyl (C=O) groups excluding carboxylic acids is 2. The molecule has 12 nitrogen and oxygen atoms in total. The molecular formula is C28H36N8O4. The Hall–Kier alpha value is -4.48. The Morgan fingerprint density at radius 3 is 2.20 bits per heavy atom. The van der Waals surface area contributed by atoms with Crippen LogP contribution >= 0.6 is 0 Å². The van der Waals surface area contributed by atoms with Crippen LogP contribution < -0.4 is 4.90 Å². The highest BCUT2D eigenvalue weighted by Crippen LogP contribution is 2.36. The molecule has 212 valence electrons. The van der Waals surface area contributed by atoms with Gasteiger partial charge in [-0.2, -0.15) is 14.8 Å². The zero-order valence-electron chi connectivity index (χ0n) is 24.7. The van der Waals surface area contributed by atoms with Gasteiger partial charge in [-0.3, -0.25) is 0 Å². The van der Waals surface area contributed by atoms with E-state index in [2.05, 4.69) is 15.1 Å². The molecule has 4 rings (SSSR count). The van der Waals surface area contributed by atoms with Gasteiger partial charge in [-0.15, -0.1) is 0 Å². The molecule has 0 saturated heterocycles. The monoisotopic (exact) mass is 548 g/mol. The Morgan fingerprint density at radius 2 is 1.60 bits per heavy atom. The van der Waals surface area contributed by atoms with Gasteiger partial charge >= 0.3 is 12.2 Å². The maximum Gasteiger partial charge on any atom is 0.435 e. The molecule has 12 heteroatoms. The first kappa shape index (κ1) is 28.5. The molecule has 40 heavy (non-hydrogen) atoms. The van der Waals surface area contributed by atoms with Gasteiger partial charge in [0, 0.05) is 45.3 Å². The molecule has 0 aliphatic rings. The van der Waals surface area contributed by atoms with E-state index in [1.807, 2.05) is 61.1 Å². The van der Waals surface area contributed by atoms with Crippen LogP contribution in [0.2, 0.25) is 0 Å². The second-order valence-corrected chi connectivity index (χ2v) is 11.9. The third kappa shape index (κ3) is 6.05. The van der Waals surface area contributed by atoms with Gasteiger partial charge in [-0.25, -0.2) is 24.1 Å². The lowest BCUT2D eigenvalue weighted by molar-refractivity contribution is 0.0518. The van der Waals surface area contributed by atoms with Crippen LogP contribution in [0.4, 0.5) is 21.4 Å². The molecule has 0 fully saturated rings. The van der Waals surface area contributed by atoms with Crippen molar-refractivity contribution in [2.45, 2.75) is 52.7 Å². The van der Waals surface area contributed by atoms with Crippen molar-refractivity contribution in [2.24, 2.45) is 4.99 Å². The second kappa shape index (κ2) is 10.2. The number of benzene rings is 1. The summed E-state index contributed by atoms with van der Waals surface area (Å²) in [4.78, 5) is 43.4. The first-order chi connectivity index (χ1) is 18.5. The summed E-state index contributed by atoms with van der Waals surface area (Å²) in [7, 11) is 7.38. The van der Waals surface area contributed by atoms with Crippen LogP contribution in [0.5, 0.6) is 0 Å². The zero-order valence-corrected chi connectivity index (χ0v) is 24.7. The predicted molar refractivity (Wildman–Crippen MR) is 156 cm³/mol. The summed E-state index contributed by atoms with van der Waals surface area (Å²) in [6.45, 7) is 10.8. The van der Waals surface area contributed by atoms with Crippen molar-refractivity contribution in [3.8, 4) is 11.1 Å². The van der Waals surface area contributed by atoms with Crippen molar-refractivity contribution < 1.29 is 19.1 Å². The number of hydrogen-bond donors (Lipinski definition) is 0. The molecule has 1 aromatic carbocycles. The summed E-state index contributed by atoms with van der Waals surface area (Å²) in [5, 5.41) is 4.97. The molecule has 0 atom stereocenters. The molecule has 0 aliphatic heterocycles. The molecule has 0 radical (unpaired) electrons. The minimum absolute atomic E-state index is 0.243. The Balaban J connectivity index is 1.94. The quantitative estimate of drug-likeness (QED) is 0.247. The molecule has 0 bridgehead atoms. The zero-order chi connectivity index (χ0) is 29.6. The van der Waals surface area contributed by atoms with Crippen molar-refractivity contribution in [3.05, 3.63) is 30.6 Å². The molecule has 0 unspecified atom stereocenters. The Labute approximate surface area is 233 Å². The highest BCUT2D eigenvalue weighted by atomic mass is 16.6. The van der Waals surface area contributed by atoms with E-state index in [-0.39, 0.29) is 5.95 Å². The lowest BCUT2D eigenvalue weighted by Crippen LogP contribution is -2.27. The van der Waals surface area contributed by atoms with Crippen LogP contribution in [0, 0.1) is 0 Å². The van der Waals surface area contributed by atoms with Gasteiger partial charge in [0.05, 0.1) is 18.1 Å². The van der Waals surface area contributed by atoms with Gasteiger partial charge < -0.3 is 19.3 Å². The molecule has 0 saturated carbocycles. The maximum atomic E-state index is 13.4. The van der Waals surface area contributed by atoms with E-state index in [0.29, 0.717) is 33.3 Å².